The summed E-state index contributed by atoms with van der Waals surface area (Å²) in [6, 6.07) is -0.460. The maximum atomic E-state index is 12.7. The predicted octanol–water partition coefficient (Wildman–Crippen LogP) is 1.67. The van der Waals surface area contributed by atoms with Gasteiger partial charge >= 0.3 is 10.2 Å². The van der Waals surface area contributed by atoms with E-state index in [-0.39, 0.29) is 25.1 Å². The molecule has 1 aliphatic heterocycles. The number of β-amino-alcohol motifs (C(OH)–C–C–N with tert-alkyl or cyclic N) is 1. The Labute approximate surface area is 144 Å². The van der Waals surface area contributed by atoms with Crippen molar-refractivity contribution in [2.75, 3.05) is 13.1 Å². The first-order chi connectivity index (χ1) is 11.7. The van der Waals surface area contributed by atoms with Gasteiger partial charge in [-0.3, -0.25) is 14.8 Å². The molecule has 13 heteroatoms. The Kier molecular flexibility index (Phi) is 4.52. The van der Waals surface area contributed by atoms with Crippen molar-refractivity contribution in [3.05, 3.63) is 29.8 Å². The molecule has 1 aromatic carbocycles. The predicted molar refractivity (Wildman–Crippen MR) is 81.5 cm³/mol. The minimum atomic E-state index is -9.87. The van der Waals surface area contributed by atoms with E-state index >= 15 is 0 Å². The van der Waals surface area contributed by atoms with Gasteiger partial charge in [-0.25, -0.2) is 5.48 Å². The molecule has 0 unspecified atom stereocenters. The maximum Gasteiger partial charge on any atom is 0.310 e. The van der Waals surface area contributed by atoms with Crippen molar-refractivity contribution in [3.8, 4) is 0 Å². The Bertz CT molecular complexity index is 720. The summed E-state index contributed by atoms with van der Waals surface area (Å²) in [5.74, 6) is -2.24. The van der Waals surface area contributed by atoms with Gasteiger partial charge in [0.05, 0.1) is 0 Å². The first kappa shape index (κ1) is 20.4. The van der Waals surface area contributed by atoms with Crippen LogP contribution in [0.2, 0.25) is 0 Å². The molecule has 1 aliphatic rings. The highest BCUT2D eigenvalue weighted by atomic mass is 32.5. The van der Waals surface area contributed by atoms with E-state index in [1.807, 2.05) is 0 Å². The number of carbonyl (C=O) groups excluding carboxylic acids is 2. The van der Waals surface area contributed by atoms with Gasteiger partial charge in [0.25, 0.3) is 11.8 Å². The van der Waals surface area contributed by atoms with Gasteiger partial charge in [-0.15, -0.1) is 0 Å². The molecule has 148 valence electrons. The Morgan fingerprint density at radius 3 is 2.15 bits per heavy atom. The first-order valence-electron chi connectivity index (χ1n) is 7.18. The molecule has 0 radical (unpaired) electrons. The first-order valence-corrected chi connectivity index (χ1v) is 9.13. The molecule has 0 bridgehead atoms. The fourth-order valence-corrected chi connectivity index (χ4v) is 3.18. The molecular formula is C13H16F5N3O4S. The molecule has 1 heterocycles. The lowest BCUT2D eigenvalue weighted by Crippen LogP contribution is -2.60. The molecule has 2 atom stereocenters. The second-order valence-electron chi connectivity index (χ2n) is 5.91. The quantitative estimate of drug-likeness (QED) is 0.291. The fraction of sp³-hybridized carbons (Fsp3) is 0.385. The van der Waals surface area contributed by atoms with E-state index in [0.29, 0.717) is 18.7 Å². The Morgan fingerprint density at radius 1 is 1.15 bits per heavy atom. The summed E-state index contributed by atoms with van der Waals surface area (Å²) in [4.78, 5) is 21.7. The van der Waals surface area contributed by atoms with Gasteiger partial charge in [0.1, 0.15) is 16.5 Å². The number of benzene rings is 1. The second-order valence-corrected chi connectivity index (χ2v) is 8.32. The zero-order chi connectivity index (χ0) is 19.9. The van der Waals surface area contributed by atoms with E-state index in [1.54, 1.807) is 0 Å². The van der Waals surface area contributed by atoms with Gasteiger partial charge in [-0.2, -0.15) is 0 Å². The molecule has 7 nitrogen and oxygen atoms in total. The molecule has 2 amide bonds. The van der Waals surface area contributed by atoms with Gasteiger partial charge in [0.2, 0.25) is 0 Å². The third kappa shape index (κ3) is 4.41. The molecule has 0 aliphatic carbocycles. The number of nitrogens with one attached hydrogen (secondary N) is 3. The number of amides is 2. The summed E-state index contributed by atoms with van der Waals surface area (Å²) in [6.45, 7) is 0.231. The van der Waals surface area contributed by atoms with Crippen LogP contribution in [-0.2, 0) is 4.79 Å². The summed E-state index contributed by atoms with van der Waals surface area (Å²) in [7, 11) is -9.87. The number of rotatable bonds is 5. The highest BCUT2D eigenvalue weighted by molar-refractivity contribution is 8.45. The number of halogens is 5. The van der Waals surface area contributed by atoms with Crippen LogP contribution in [0.25, 0.3) is 0 Å². The van der Waals surface area contributed by atoms with Crippen molar-refractivity contribution in [3.63, 3.8) is 0 Å². The maximum absolute atomic E-state index is 12.7. The van der Waals surface area contributed by atoms with Gasteiger partial charge in [0.15, 0.2) is 0 Å². The van der Waals surface area contributed by atoms with E-state index in [4.69, 9.17) is 5.21 Å². The van der Waals surface area contributed by atoms with Crippen molar-refractivity contribution in [2.45, 2.75) is 23.0 Å². The van der Waals surface area contributed by atoms with Crippen molar-refractivity contribution >= 4 is 22.0 Å². The van der Waals surface area contributed by atoms with Crippen LogP contribution in [0.4, 0.5) is 19.4 Å². The lowest BCUT2D eigenvalue weighted by atomic mass is 9.92. The lowest BCUT2D eigenvalue weighted by Gasteiger charge is -2.40. The monoisotopic (exact) mass is 405 g/mol. The van der Waals surface area contributed by atoms with E-state index in [1.165, 1.54) is 5.48 Å². The molecule has 1 aromatic rings. The van der Waals surface area contributed by atoms with Crippen LogP contribution in [0.5, 0.6) is 0 Å². The number of hydrogen-bond donors (Lipinski definition) is 5. The van der Waals surface area contributed by atoms with Gasteiger partial charge in [-0.05, 0) is 37.2 Å². The number of carbonyl (C=O) groups is 2. The standard InChI is InChI=1S/C13H16F5N3O4S/c14-26(15,16,17,18)9-3-1-8(2-4-9)11(22)20-10(12(23)21-25)13(24)5-6-19-7-13/h1-4,10,19,24-25H,5-7H2,(H,20,22)(H,21,23)/t10-,13-/m1/s1. The van der Waals surface area contributed by atoms with Crippen molar-refractivity contribution in [1.29, 1.82) is 0 Å². The number of hydroxylamine groups is 1. The molecule has 0 aromatic heterocycles. The smallest absolute Gasteiger partial charge is 0.310 e. The zero-order valence-corrected chi connectivity index (χ0v) is 13.8. The molecule has 1 saturated heterocycles. The van der Waals surface area contributed by atoms with Crippen LogP contribution < -0.4 is 16.1 Å². The summed E-state index contributed by atoms with van der Waals surface area (Å²) < 4.78 is 63.4. The molecule has 5 N–H and O–H groups in total. The Balaban J connectivity index is 2.24. The van der Waals surface area contributed by atoms with Crippen molar-refractivity contribution < 1.29 is 39.3 Å². The molecule has 26 heavy (non-hydrogen) atoms. The zero-order valence-electron chi connectivity index (χ0n) is 13.0. The Morgan fingerprint density at radius 2 is 1.73 bits per heavy atom. The molecule has 0 spiro atoms. The van der Waals surface area contributed by atoms with Crippen LogP contribution in [0.3, 0.4) is 0 Å². The van der Waals surface area contributed by atoms with Gasteiger partial charge in [0, 0.05) is 12.1 Å². The average molecular weight is 405 g/mol. The number of aliphatic hydroxyl groups is 1. The van der Waals surface area contributed by atoms with Crippen LogP contribution in [-0.4, -0.2) is 46.9 Å². The summed E-state index contributed by atoms with van der Waals surface area (Å²) >= 11 is 0. The average Bonchev–Trinajstić information content (AvgIpc) is 2.97. The third-order valence-electron chi connectivity index (χ3n) is 3.91. The van der Waals surface area contributed by atoms with Crippen LogP contribution >= 0.6 is 10.2 Å². The SMILES string of the molecule is O=C(N[C@H](C(=O)NO)[C@@]1(O)CCNC1)c1ccc(S(F)(F)(F)(F)F)cc1. The van der Waals surface area contributed by atoms with E-state index < -0.39 is 44.1 Å². The van der Waals surface area contributed by atoms with E-state index in [9.17, 15) is 34.1 Å². The fourth-order valence-electron chi connectivity index (χ4n) is 2.53. The van der Waals surface area contributed by atoms with Gasteiger partial charge < -0.3 is 15.7 Å². The lowest BCUT2D eigenvalue weighted by molar-refractivity contribution is -0.137. The largest absolute Gasteiger partial charge is 0.386 e. The van der Waals surface area contributed by atoms with Crippen LogP contribution in [0.1, 0.15) is 16.8 Å². The highest BCUT2D eigenvalue weighted by Gasteiger charge is 2.65. The van der Waals surface area contributed by atoms with E-state index in [2.05, 4.69) is 10.6 Å². The normalized spacial score (nSPS) is 24.3. The third-order valence-corrected chi connectivity index (χ3v) is 5.08. The van der Waals surface area contributed by atoms with Crippen molar-refractivity contribution in [1.82, 2.24) is 16.1 Å². The molecular weight excluding hydrogens is 389 g/mol. The second kappa shape index (κ2) is 5.77. The van der Waals surface area contributed by atoms with Gasteiger partial charge in [-0.1, -0.05) is 19.4 Å². The topological polar surface area (TPSA) is 111 Å². The van der Waals surface area contributed by atoms with E-state index in [0.717, 1.165) is 0 Å². The molecule has 2 rings (SSSR count). The minimum absolute atomic E-state index is 0.0501. The molecule has 0 saturated carbocycles. The van der Waals surface area contributed by atoms with Crippen LogP contribution in [0.15, 0.2) is 29.2 Å². The van der Waals surface area contributed by atoms with Crippen LogP contribution in [0, 0.1) is 0 Å². The summed E-state index contributed by atoms with van der Waals surface area (Å²) in [6.07, 6.45) is 0.0501. The Hall–Kier alpha value is -1.96. The van der Waals surface area contributed by atoms with Crippen molar-refractivity contribution in [2.24, 2.45) is 0 Å². The summed E-state index contributed by atoms with van der Waals surface area (Å²) in [5, 5.41) is 24.0. The highest BCUT2D eigenvalue weighted by Crippen LogP contribution is 3.02. The molecule has 1 fully saturated rings. The summed E-state index contributed by atoms with van der Waals surface area (Å²) in [5.41, 5.74) is -0.909. The number of hydrogen-bond acceptors (Lipinski definition) is 5. The minimum Gasteiger partial charge on any atom is -0.386 e.